The van der Waals surface area contributed by atoms with Gasteiger partial charge in [0.1, 0.15) is 0 Å². The zero-order valence-electron chi connectivity index (χ0n) is 24.0. The molecule has 0 rings (SSSR count). The zero-order chi connectivity index (χ0) is 28.9. The molecule has 0 radical (unpaired) electrons. The maximum absolute atomic E-state index is 10.7. The minimum atomic E-state index is -1.23. The zero-order valence-corrected chi connectivity index (χ0v) is 24.0. The number of aliphatic carboxylic acids is 4. The lowest BCUT2D eigenvalue weighted by Gasteiger charge is -2.06. The van der Waals surface area contributed by atoms with Crippen LogP contribution >= 0.6 is 0 Å². The van der Waals surface area contributed by atoms with E-state index in [9.17, 15) is 19.2 Å². The van der Waals surface area contributed by atoms with Gasteiger partial charge in [-0.2, -0.15) is 0 Å². The van der Waals surface area contributed by atoms with Gasteiger partial charge in [-0.3, -0.25) is 19.2 Å². The van der Waals surface area contributed by atoms with E-state index in [4.69, 9.17) is 20.4 Å². The molecule has 8 nitrogen and oxygen atoms in total. The summed E-state index contributed by atoms with van der Waals surface area (Å²) in [6, 6.07) is 0. The maximum Gasteiger partial charge on any atom is 0.317 e. The molecule has 0 saturated carbocycles. The molecule has 224 valence electrons. The first kappa shape index (κ1) is 38.0. The molecule has 0 heterocycles. The molecule has 0 fully saturated rings. The third-order valence-corrected chi connectivity index (χ3v) is 6.72. The fourth-order valence-corrected chi connectivity index (χ4v) is 4.33. The second kappa shape index (κ2) is 29.4. The van der Waals surface area contributed by atoms with Crippen molar-refractivity contribution in [3.63, 3.8) is 0 Å². The first-order chi connectivity index (χ1) is 18.2. The number of carbonyl (C=O) groups is 4. The summed E-state index contributed by atoms with van der Waals surface area (Å²) in [7, 11) is 0. The van der Waals surface area contributed by atoms with Gasteiger partial charge >= 0.3 is 23.9 Å². The highest BCUT2D eigenvalue weighted by atomic mass is 16.4. The standard InChI is InChI=1S/C16H30O4.C14H26O4/c1-2-3-4-5-6-7-8-9-10-11-12-13-14(15(17)18)16(19)20;15-13(16)11-9-7-5-3-1-2-4-6-8-10-12-14(17)18/h14H,2-13H2,1H3,(H,17,18)(H,19,20);1-12H2,(H,15,16)(H,17,18). The van der Waals surface area contributed by atoms with Crippen molar-refractivity contribution < 1.29 is 39.6 Å². The molecule has 0 aromatic heterocycles. The third kappa shape index (κ3) is 31.9. The molecule has 0 aliphatic rings. The van der Waals surface area contributed by atoms with Crippen LogP contribution in [-0.2, 0) is 19.2 Å². The molecule has 0 aromatic carbocycles. The molecule has 0 aliphatic carbocycles. The Morgan fingerprint density at radius 1 is 0.421 bits per heavy atom. The average Bonchev–Trinajstić information content (AvgIpc) is 2.85. The Balaban J connectivity index is 0. The molecule has 0 atom stereocenters. The Morgan fingerprint density at radius 3 is 0.947 bits per heavy atom. The summed E-state index contributed by atoms with van der Waals surface area (Å²) in [5.41, 5.74) is 0. The molecule has 8 heteroatoms. The van der Waals surface area contributed by atoms with Crippen molar-refractivity contribution in [2.24, 2.45) is 5.92 Å². The first-order valence-electron chi connectivity index (χ1n) is 15.1. The van der Waals surface area contributed by atoms with E-state index in [0.29, 0.717) is 19.3 Å². The molecular formula is C30H56O8. The maximum atomic E-state index is 10.7. The van der Waals surface area contributed by atoms with E-state index in [2.05, 4.69) is 6.92 Å². The van der Waals surface area contributed by atoms with Gasteiger partial charge in [0.25, 0.3) is 0 Å². The normalized spacial score (nSPS) is 10.7. The molecule has 0 unspecified atom stereocenters. The number of carboxylic acid groups (broad SMARTS) is 4. The van der Waals surface area contributed by atoms with Gasteiger partial charge in [0.05, 0.1) is 0 Å². The summed E-state index contributed by atoms with van der Waals surface area (Å²) in [6.45, 7) is 2.22. The van der Waals surface area contributed by atoms with Crippen LogP contribution in [0, 0.1) is 5.92 Å². The summed E-state index contributed by atoms with van der Waals surface area (Å²) in [4.78, 5) is 41.9. The molecule has 0 aromatic rings. The number of unbranched alkanes of at least 4 members (excludes halogenated alkanes) is 19. The molecule has 4 N–H and O–H groups in total. The van der Waals surface area contributed by atoms with Crippen molar-refractivity contribution in [2.45, 2.75) is 161 Å². The van der Waals surface area contributed by atoms with Crippen LogP contribution < -0.4 is 0 Å². The Labute approximate surface area is 230 Å². The van der Waals surface area contributed by atoms with Crippen molar-refractivity contribution >= 4 is 23.9 Å². The Morgan fingerprint density at radius 2 is 0.684 bits per heavy atom. The van der Waals surface area contributed by atoms with Crippen molar-refractivity contribution in [3.05, 3.63) is 0 Å². The number of rotatable bonds is 27. The predicted molar refractivity (Wildman–Crippen MR) is 151 cm³/mol. The van der Waals surface area contributed by atoms with E-state index in [1.165, 1.54) is 77.0 Å². The van der Waals surface area contributed by atoms with E-state index < -0.39 is 29.8 Å². The van der Waals surface area contributed by atoms with Crippen LogP contribution in [0.4, 0.5) is 0 Å². The lowest BCUT2D eigenvalue weighted by atomic mass is 10.00. The third-order valence-electron chi connectivity index (χ3n) is 6.72. The van der Waals surface area contributed by atoms with Crippen LogP contribution in [0.5, 0.6) is 0 Å². The highest BCUT2D eigenvalue weighted by molar-refractivity contribution is 5.92. The summed E-state index contributed by atoms with van der Waals surface area (Å²) >= 11 is 0. The number of carboxylic acids is 4. The minimum absolute atomic E-state index is 0.252. The van der Waals surface area contributed by atoms with Crippen LogP contribution in [0.1, 0.15) is 161 Å². The van der Waals surface area contributed by atoms with Crippen LogP contribution in [0.2, 0.25) is 0 Å². The lowest BCUT2D eigenvalue weighted by Crippen LogP contribution is -2.23. The van der Waals surface area contributed by atoms with Crippen molar-refractivity contribution in [1.29, 1.82) is 0 Å². The second-order valence-electron chi connectivity index (χ2n) is 10.4. The Hall–Kier alpha value is -2.12. The smallest absolute Gasteiger partial charge is 0.317 e. The molecule has 38 heavy (non-hydrogen) atoms. The number of hydrogen-bond acceptors (Lipinski definition) is 4. The van der Waals surface area contributed by atoms with Gasteiger partial charge in [-0.25, -0.2) is 0 Å². The second-order valence-corrected chi connectivity index (χ2v) is 10.4. The topological polar surface area (TPSA) is 149 Å². The first-order valence-corrected chi connectivity index (χ1v) is 15.1. The summed E-state index contributed by atoms with van der Waals surface area (Å²) in [6.07, 6.45) is 24.6. The van der Waals surface area contributed by atoms with Gasteiger partial charge in [0, 0.05) is 12.8 Å². The van der Waals surface area contributed by atoms with Gasteiger partial charge < -0.3 is 20.4 Å². The molecular weight excluding hydrogens is 488 g/mol. The van der Waals surface area contributed by atoms with Crippen LogP contribution in [0.15, 0.2) is 0 Å². The molecule has 0 saturated heterocycles. The van der Waals surface area contributed by atoms with Crippen molar-refractivity contribution in [3.8, 4) is 0 Å². The van der Waals surface area contributed by atoms with Crippen LogP contribution in [-0.4, -0.2) is 44.3 Å². The molecule has 0 spiro atoms. The van der Waals surface area contributed by atoms with E-state index in [1.54, 1.807) is 0 Å². The fraction of sp³-hybridized carbons (Fsp3) is 0.867. The molecule has 0 bridgehead atoms. The van der Waals surface area contributed by atoms with Gasteiger partial charge in [-0.15, -0.1) is 0 Å². The SMILES string of the molecule is CCCCCCCCCCCCCC(C(=O)O)C(=O)O.O=C(O)CCCCCCCCCCCCC(=O)O. The van der Waals surface area contributed by atoms with E-state index in [-0.39, 0.29) is 6.42 Å². The highest BCUT2D eigenvalue weighted by Gasteiger charge is 2.24. The van der Waals surface area contributed by atoms with Gasteiger partial charge in [-0.05, 0) is 19.3 Å². The van der Waals surface area contributed by atoms with Gasteiger partial charge in [-0.1, -0.05) is 129 Å². The lowest BCUT2D eigenvalue weighted by molar-refractivity contribution is -0.155. The summed E-state index contributed by atoms with van der Waals surface area (Å²) in [5.74, 6) is -5.06. The van der Waals surface area contributed by atoms with Crippen molar-refractivity contribution in [2.75, 3.05) is 0 Å². The minimum Gasteiger partial charge on any atom is -0.481 e. The van der Waals surface area contributed by atoms with Crippen LogP contribution in [0.3, 0.4) is 0 Å². The Kier molecular flexibility index (Phi) is 29.5. The summed E-state index contributed by atoms with van der Waals surface area (Å²) in [5, 5.41) is 34.4. The van der Waals surface area contributed by atoms with E-state index >= 15 is 0 Å². The highest BCUT2D eigenvalue weighted by Crippen LogP contribution is 2.15. The van der Waals surface area contributed by atoms with E-state index in [0.717, 1.165) is 51.4 Å². The van der Waals surface area contributed by atoms with Gasteiger partial charge in [0.15, 0.2) is 5.92 Å². The molecule has 0 aliphatic heterocycles. The number of hydrogen-bond donors (Lipinski definition) is 4. The predicted octanol–water partition coefficient (Wildman–Crippen LogP) is 8.31. The van der Waals surface area contributed by atoms with Gasteiger partial charge in [0.2, 0.25) is 0 Å². The fourth-order valence-electron chi connectivity index (χ4n) is 4.33. The largest absolute Gasteiger partial charge is 0.481 e. The average molecular weight is 545 g/mol. The van der Waals surface area contributed by atoms with E-state index in [1.807, 2.05) is 0 Å². The van der Waals surface area contributed by atoms with Crippen molar-refractivity contribution in [1.82, 2.24) is 0 Å². The summed E-state index contributed by atoms with van der Waals surface area (Å²) < 4.78 is 0. The van der Waals surface area contributed by atoms with Crippen LogP contribution in [0.25, 0.3) is 0 Å². The monoisotopic (exact) mass is 544 g/mol. The molecule has 0 amide bonds. The quantitative estimate of drug-likeness (QED) is 0.0595. The Bertz CT molecular complexity index is 553.